The third-order valence-corrected chi connectivity index (χ3v) is 2.41. The highest BCUT2D eigenvalue weighted by atomic mass is 19.4. The van der Waals surface area contributed by atoms with Crippen LogP contribution >= 0.6 is 0 Å². The summed E-state index contributed by atoms with van der Waals surface area (Å²) in [7, 11) is 0. The average Bonchev–Trinajstić information content (AvgIpc) is 2.24. The van der Waals surface area contributed by atoms with Crippen LogP contribution in [0.25, 0.3) is 0 Å². The van der Waals surface area contributed by atoms with Crippen LogP contribution in [0, 0.1) is 5.92 Å². The van der Waals surface area contributed by atoms with Gasteiger partial charge >= 0.3 is 6.36 Å². The van der Waals surface area contributed by atoms with Crippen molar-refractivity contribution in [1.29, 1.82) is 0 Å². The van der Waals surface area contributed by atoms with Crippen molar-refractivity contribution in [3.05, 3.63) is 29.8 Å². The number of hydrogen-bond donors (Lipinski definition) is 1. The van der Waals surface area contributed by atoms with Gasteiger partial charge in [0.2, 0.25) is 0 Å². The number of alkyl halides is 3. The van der Waals surface area contributed by atoms with Crippen LogP contribution in [0.15, 0.2) is 24.3 Å². The molecule has 0 bridgehead atoms. The fourth-order valence-corrected chi connectivity index (χ4v) is 1.49. The van der Waals surface area contributed by atoms with E-state index in [-0.39, 0.29) is 5.75 Å². The maximum atomic E-state index is 12.2. The summed E-state index contributed by atoms with van der Waals surface area (Å²) in [5.74, 6) is 0.432. The molecule has 1 rings (SSSR count). The molecule has 0 aliphatic carbocycles. The van der Waals surface area contributed by atoms with Crippen LogP contribution in [0.3, 0.4) is 0 Å². The summed E-state index contributed by atoms with van der Waals surface area (Å²) >= 11 is 0. The second-order valence-corrected chi connectivity index (χ2v) is 4.51. The van der Waals surface area contributed by atoms with Crippen LogP contribution in [0.2, 0.25) is 0 Å². The van der Waals surface area contributed by atoms with Gasteiger partial charge in [0.25, 0.3) is 0 Å². The van der Waals surface area contributed by atoms with Crippen molar-refractivity contribution in [3.63, 3.8) is 0 Å². The maximum absolute atomic E-state index is 12.2. The molecule has 0 spiro atoms. The first-order chi connectivity index (χ1) is 8.38. The van der Waals surface area contributed by atoms with Gasteiger partial charge in [0.05, 0.1) is 0 Å². The Morgan fingerprint density at radius 3 is 2.50 bits per heavy atom. The number of rotatable bonds is 6. The van der Waals surface area contributed by atoms with Crippen LogP contribution in [0.4, 0.5) is 13.2 Å². The third kappa shape index (κ3) is 5.91. The molecule has 2 nitrogen and oxygen atoms in total. The zero-order valence-corrected chi connectivity index (χ0v) is 10.6. The summed E-state index contributed by atoms with van der Waals surface area (Å²) in [5, 5.41) is 3.11. The van der Waals surface area contributed by atoms with Crippen molar-refractivity contribution < 1.29 is 17.9 Å². The van der Waals surface area contributed by atoms with E-state index in [1.54, 1.807) is 12.1 Å². The van der Waals surface area contributed by atoms with Crippen molar-refractivity contribution in [1.82, 2.24) is 5.32 Å². The van der Waals surface area contributed by atoms with Crippen LogP contribution in [0.5, 0.6) is 5.75 Å². The first-order valence-electron chi connectivity index (χ1n) is 5.93. The lowest BCUT2D eigenvalue weighted by atomic mass is 10.1. The number of benzene rings is 1. The molecule has 0 saturated carbocycles. The van der Waals surface area contributed by atoms with E-state index in [9.17, 15) is 13.2 Å². The Kier molecular flexibility index (Phi) is 5.47. The minimum Gasteiger partial charge on any atom is -0.405 e. The Labute approximate surface area is 105 Å². The lowest BCUT2D eigenvalue weighted by Gasteiger charge is -2.13. The molecule has 0 atom stereocenters. The second kappa shape index (κ2) is 6.64. The van der Waals surface area contributed by atoms with Gasteiger partial charge in [-0.15, -0.1) is 13.2 Å². The van der Waals surface area contributed by atoms with Crippen molar-refractivity contribution in [3.8, 4) is 5.75 Å². The lowest BCUT2D eigenvalue weighted by Crippen LogP contribution is -2.20. The average molecular weight is 261 g/mol. The van der Waals surface area contributed by atoms with Gasteiger partial charge in [0, 0.05) is 12.1 Å². The molecule has 1 N–H and O–H groups in total. The number of hydrogen-bond acceptors (Lipinski definition) is 2. The monoisotopic (exact) mass is 261 g/mol. The van der Waals surface area contributed by atoms with Gasteiger partial charge in [-0.3, -0.25) is 0 Å². The molecular formula is C13H18F3NO. The smallest absolute Gasteiger partial charge is 0.405 e. The molecule has 0 heterocycles. The van der Waals surface area contributed by atoms with Gasteiger partial charge < -0.3 is 10.1 Å². The number of nitrogens with one attached hydrogen (secondary N) is 1. The summed E-state index contributed by atoms with van der Waals surface area (Å²) in [6, 6.07) is 6.18. The molecule has 18 heavy (non-hydrogen) atoms. The first kappa shape index (κ1) is 14.8. The Bertz CT molecular complexity index is 363. The highest BCUT2D eigenvalue weighted by Gasteiger charge is 2.31. The Morgan fingerprint density at radius 1 is 1.22 bits per heavy atom. The largest absolute Gasteiger partial charge is 0.573 e. The first-order valence-corrected chi connectivity index (χ1v) is 5.93. The van der Waals surface area contributed by atoms with E-state index < -0.39 is 6.36 Å². The molecule has 0 fully saturated rings. The molecule has 102 valence electrons. The molecule has 0 unspecified atom stereocenters. The van der Waals surface area contributed by atoms with Gasteiger partial charge in [0.15, 0.2) is 0 Å². The van der Waals surface area contributed by atoms with E-state index in [1.807, 2.05) is 0 Å². The Morgan fingerprint density at radius 2 is 1.89 bits per heavy atom. The van der Waals surface area contributed by atoms with E-state index in [1.165, 1.54) is 12.1 Å². The SMILES string of the molecule is CC(C)CCNCc1ccccc1OC(F)(F)F. The lowest BCUT2D eigenvalue weighted by molar-refractivity contribution is -0.274. The number of para-hydroxylation sites is 1. The van der Waals surface area contributed by atoms with Crippen molar-refractivity contribution in [2.24, 2.45) is 5.92 Å². The van der Waals surface area contributed by atoms with Crippen molar-refractivity contribution in [2.75, 3.05) is 6.54 Å². The molecule has 0 aliphatic rings. The van der Waals surface area contributed by atoms with Gasteiger partial charge in [-0.25, -0.2) is 0 Å². The van der Waals surface area contributed by atoms with Crippen LogP contribution in [0.1, 0.15) is 25.8 Å². The normalized spacial score (nSPS) is 11.9. The van der Waals surface area contributed by atoms with Crippen LogP contribution in [-0.2, 0) is 6.54 Å². The molecule has 5 heteroatoms. The van der Waals surface area contributed by atoms with E-state index in [4.69, 9.17) is 0 Å². The second-order valence-electron chi connectivity index (χ2n) is 4.51. The summed E-state index contributed by atoms with van der Waals surface area (Å²) in [6.45, 7) is 5.35. The molecule has 0 aromatic heterocycles. The predicted octanol–water partition coefficient (Wildman–Crippen LogP) is 3.72. The molecule has 0 amide bonds. The van der Waals surface area contributed by atoms with Crippen molar-refractivity contribution in [2.45, 2.75) is 33.2 Å². The van der Waals surface area contributed by atoms with Crippen molar-refractivity contribution >= 4 is 0 Å². The predicted molar refractivity (Wildman–Crippen MR) is 64.3 cm³/mol. The fraction of sp³-hybridized carbons (Fsp3) is 0.538. The van der Waals surface area contributed by atoms with E-state index in [0.717, 1.165) is 13.0 Å². The molecule has 0 saturated heterocycles. The summed E-state index contributed by atoms with van der Waals surface area (Å²) in [4.78, 5) is 0. The number of ether oxygens (including phenoxy) is 1. The molecule has 1 aromatic carbocycles. The van der Waals surface area contributed by atoms with Crippen LogP contribution < -0.4 is 10.1 Å². The van der Waals surface area contributed by atoms with E-state index in [2.05, 4.69) is 23.9 Å². The van der Waals surface area contributed by atoms with Gasteiger partial charge in [0.1, 0.15) is 5.75 Å². The summed E-state index contributed by atoms with van der Waals surface area (Å²) in [6.07, 6.45) is -3.66. The van der Waals surface area contributed by atoms with E-state index in [0.29, 0.717) is 18.0 Å². The topological polar surface area (TPSA) is 21.3 Å². The minimum absolute atomic E-state index is 0.137. The van der Waals surface area contributed by atoms with Gasteiger partial charge in [-0.2, -0.15) is 0 Å². The van der Waals surface area contributed by atoms with Crippen LogP contribution in [-0.4, -0.2) is 12.9 Å². The minimum atomic E-state index is -4.64. The molecular weight excluding hydrogens is 243 g/mol. The summed E-state index contributed by atoms with van der Waals surface area (Å²) < 4.78 is 40.5. The van der Waals surface area contributed by atoms with E-state index >= 15 is 0 Å². The Hall–Kier alpha value is -1.23. The van der Waals surface area contributed by atoms with Gasteiger partial charge in [-0.1, -0.05) is 32.0 Å². The highest BCUT2D eigenvalue weighted by molar-refractivity contribution is 5.33. The maximum Gasteiger partial charge on any atom is 0.573 e. The fourth-order valence-electron chi connectivity index (χ4n) is 1.49. The zero-order valence-electron chi connectivity index (χ0n) is 10.6. The zero-order chi connectivity index (χ0) is 13.6. The molecule has 0 aliphatic heterocycles. The quantitative estimate of drug-likeness (QED) is 0.788. The standard InChI is InChI=1S/C13H18F3NO/c1-10(2)7-8-17-9-11-5-3-4-6-12(11)18-13(14,15)16/h3-6,10,17H,7-9H2,1-2H3. The molecule has 1 aromatic rings. The highest BCUT2D eigenvalue weighted by Crippen LogP contribution is 2.25. The summed E-state index contributed by atoms with van der Waals surface area (Å²) in [5.41, 5.74) is 0.513. The molecule has 0 radical (unpaired) electrons. The Balaban J connectivity index is 2.54. The number of halogens is 3. The third-order valence-electron chi connectivity index (χ3n) is 2.41. The van der Waals surface area contributed by atoms with Gasteiger partial charge in [-0.05, 0) is 24.9 Å².